The minimum atomic E-state index is -3.66. The highest BCUT2D eigenvalue weighted by Crippen LogP contribution is 2.16. The Hall–Kier alpha value is -1.24. The topological polar surface area (TPSA) is 109 Å². The summed E-state index contributed by atoms with van der Waals surface area (Å²) in [4.78, 5) is 10.0. The third kappa shape index (κ3) is 6.82. The molecule has 0 saturated heterocycles. The molecule has 2 rings (SSSR count). The summed E-state index contributed by atoms with van der Waals surface area (Å²) in [6, 6.07) is 6.44. The zero-order valence-corrected chi connectivity index (χ0v) is 18.9. The number of thiazole rings is 1. The van der Waals surface area contributed by atoms with E-state index in [1.807, 2.05) is 6.92 Å². The van der Waals surface area contributed by atoms with Gasteiger partial charge in [-0.1, -0.05) is 12.1 Å². The van der Waals surface area contributed by atoms with Gasteiger partial charge in [0.1, 0.15) is 0 Å². The second-order valence-electron chi connectivity index (χ2n) is 5.54. The maximum absolute atomic E-state index is 11.2. The van der Waals surface area contributed by atoms with E-state index in [9.17, 15) is 8.42 Å². The number of aryl methyl sites for hydroxylation is 2. The van der Waals surface area contributed by atoms with Crippen LogP contribution in [-0.4, -0.2) is 33.0 Å². The molecule has 1 aromatic heterocycles. The smallest absolute Gasteiger partial charge is 0.238 e. The van der Waals surface area contributed by atoms with Crippen LogP contribution in [0.4, 0.5) is 0 Å². The van der Waals surface area contributed by atoms with Crippen molar-refractivity contribution in [2.75, 3.05) is 13.6 Å². The first-order valence-electron chi connectivity index (χ1n) is 7.79. The first-order valence-corrected chi connectivity index (χ1v) is 10.1. The summed E-state index contributed by atoms with van der Waals surface area (Å²) >= 11 is 1.72. The SMILES string of the molecule is CN=C(NCCc1nc(C)c(C)s1)NCc1ccc(S(N)(=O)=O)cc1.I. The van der Waals surface area contributed by atoms with Crippen LogP contribution in [0, 0.1) is 13.8 Å². The van der Waals surface area contributed by atoms with Crippen LogP contribution < -0.4 is 15.8 Å². The Balaban J connectivity index is 0.00000338. The highest BCUT2D eigenvalue weighted by molar-refractivity contribution is 14.0. The summed E-state index contributed by atoms with van der Waals surface area (Å²) in [5.74, 6) is 0.681. The predicted octanol–water partition coefficient (Wildman–Crippen LogP) is 1.93. The summed E-state index contributed by atoms with van der Waals surface area (Å²) < 4.78 is 22.5. The van der Waals surface area contributed by atoms with E-state index in [1.54, 1.807) is 30.5 Å². The molecule has 0 aliphatic rings. The molecule has 0 atom stereocenters. The van der Waals surface area contributed by atoms with Gasteiger partial charge < -0.3 is 10.6 Å². The first kappa shape index (κ1) is 22.8. The molecule has 0 unspecified atom stereocenters. The van der Waals surface area contributed by atoms with Crippen LogP contribution in [0.25, 0.3) is 0 Å². The van der Waals surface area contributed by atoms with Gasteiger partial charge in [-0.25, -0.2) is 18.5 Å². The molecule has 0 fully saturated rings. The highest BCUT2D eigenvalue weighted by Gasteiger charge is 2.07. The number of nitrogens with zero attached hydrogens (tertiary/aromatic N) is 2. The summed E-state index contributed by atoms with van der Waals surface area (Å²) in [5, 5.41) is 12.6. The monoisotopic (exact) mass is 509 g/mol. The van der Waals surface area contributed by atoms with E-state index < -0.39 is 10.0 Å². The minimum absolute atomic E-state index is 0. The Labute approximate surface area is 175 Å². The van der Waals surface area contributed by atoms with E-state index in [0.29, 0.717) is 12.5 Å². The predicted molar refractivity (Wildman–Crippen MR) is 117 cm³/mol. The van der Waals surface area contributed by atoms with Gasteiger partial charge in [0.15, 0.2) is 5.96 Å². The van der Waals surface area contributed by atoms with Crippen molar-refractivity contribution < 1.29 is 8.42 Å². The van der Waals surface area contributed by atoms with Crippen molar-refractivity contribution in [2.45, 2.75) is 31.7 Å². The van der Waals surface area contributed by atoms with Gasteiger partial charge >= 0.3 is 0 Å². The highest BCUT2D eigenvalue weighted by atomic mass is 127. The quantitative estimate of drug-likeness (QED) is 0.313. The van der Waals surface area contributed by atoms with Gasteiger partial charge in [-0.3, -0.25) is 4.99 Å². The van der Waals surface area contributed by atoms with Crippen LogP contribution in [0.2, 0.25) is 0 Å². The molecule has 10 heteroatoms. The molecule has 0 aliphatic heterocycles. The number of aromatic nitrogens is 1. The number of nitrogens with one attached hydrogen (secondary N) is 2. The molecule has 2 aromatic rings. The molecule has 1 heterocycles. The number of halogens is 1. The first-order chi connectivity index (χ1) is 11.8. The number of rotatable bonds is 6. The lowest BCUT2D eigenvalue weighted by Gasteiger charge is -2.11. The van der Waals surface area contributed by atoms with E-state index in [4.69, 9.17) is 5.14 Å². The molecule has 0 aliphatic carbocycles. The van der Waals surface area contributed by atoms with Crippen LogP contribution in [0.15, 0.2) is 34.2 Å². The Morgan fingerprint density at radius 1 is 1.23 bits per heavy atom. The van der Waals surface area contributed by atoms with Crippen molar-refractivity contribution in [3.8, 4) is 0 Å². The van der Waals surface area contributed by atoms with E-state index in [1.165, 1.54) is 17.0 Å². The number of hydrogen-bond acceptors (Lipinski definition) is 5. The molecule has 0 radical (unpaired) electrons. The average Bonchev–Trinajstić information content (AvgIpc) is 2.88. The lowest BCUT2D eigenvalue weighted by atomic mass is 10.2. The summed E-state index contributed by atoms with van der Waals surface area (Å²) in [6.45, 7) is 5.35. The van der Waals surface area contributed by atoms with Gasteiger partial charge in [-0.05, 0) is 31.5 Å². The second kappa shape index (κ2) is 10.2. The normalized spacial score (nSPS) is 11.8. The van der Waals surface area contributed by atoms with E-state index in [-0.39, 0.29) is 28.9 Å². The number of guanidine groups is 1. The van der Waals surface area contributed by atoms with Crippen molar-refractivity contribution in [3.05, 3.63) is 45.4 Å². The van der Waals surface area contributed by atoms with Crippen LogP contribution in [0.3, 0.4) is 0 Å². The minimum Gasteiger partial charge on any atom is -0.356 e. The molecule has 1 aromatic carbocycles. The van der Waals surface area contributed by atoms with E-state index >= 15 is 0 Å². The fourth-order valence-electron chi connectivity index (χ4n) is 2.14. The van der Waals surface area contributed by atoms with E-state index in [2.05, 4.69) is 27.5 Å². The van der Waals surface area contributed by atoms with Gasteiger partial charge in [-0.15, -0.1) is 35.3 Å². The van der Waals surface area contributed by atoms with Gasteiger partial charge in [0.05, 0.1) is 15.6 Å². The fraction of sp³-hybridized carbons (Fsp3) is 0.375. The lowest BCUT2D eigenvalue weighted by molar-refractivity contribution is 0.597. The van der Waals surface area contributed by atoms with Crippen molar-refractivity contribution in [3.63, 3.8) is 0 Å². The zero-order chi connectivity index (χ0) is 18.4. The van der Waals surface area contributed by atoms with Gasteiger partial charge in [0.25, 0.3) is 0 Å². The third-order valence-electron chi connectivity index (χ3n) is 3.64. The molecule has 0 amide bonds. The Morgan fingerprint density at radius 2 is 1.88 bits per heavy atom. The molecule has 7 nitrogen and oxygen atoms in total. The Bertz CT molecular complexity index is 829. The summed E-state index contributed by atoms with van der Waals surface area (Å²) in [7, 11) is -1.95. The standard InChI is InChI=1S/C16H23N5O2S2.HI/c1-11-12(2)24-15(21-11)8-9-19-16(18-3)20-10-13-4-6-14(7-5-13)25(17,22)23;/h4-7H,8-10H2,1-3H3,(H2,17,22,23)(H2,18,19,20);1H. The lowest BCUT2D eigenvalue weighted by Crippen LogP contribution is -2.37. The molecular weight excluding hydrogens is 485 g/mol. The van der Waals surface area contributed by atoms with Crippen molar-refractivity contribution >= 4 is 51.3 Å². The fourth-order valence-corrected chi connectivity index (χ4v) is 3.59. The summed E-state index contributed by atoms with van der Waals surface area (Å²) in [5.41, 5.74) is 2.02. The number of sulfonamides is 1. The second-order valence-corrected chi connectivity index (χ2v) is 8.39. The number of benzene rings is 1. The molecule has 0 saturated carbocycles. The number of nitrogens with two attached hydrogens (primary N) is 1. The summed E-state index contributed by atoms with van der Waals surface area (Å²) in [6.07, 6.45) is 0.836. The zero-order valence-electron chi connectivity index (χ0n) is 14.9. The Kier molecular flexibility index (Phi) is 8.93. The molecule has 4 N–H and O–H groups in total. The van der Waals surface area contributed by atoms with Gasteiger partial charge in [0, 0.05) is 31.4 Å². The molecular formula is C16H24IN5O2S2. The van der Waals surface area contributed by atoms with E-state index in [0.717, 1.165) is 29.2 Å². The van der Waals surface area contributed by atoms with Crippen LogP contribution in [-0.2, 0) is 23.0 Å². The van der Waals surface area contributed by atoms with Gasteiger partial charge in [0.2, 0.25) is 10.0 Å². The Morgan fingerprint density at radius 3 is 2.38 bits per heavy atom. The largest absolute Gasteiger partial charge is 0.356 e. The molecule has 26 heavy (non-hydrogen) atoms. The number of aliphatic imine (C=N–C) groups is 1. The average molecular weight is 509 g/mol. The third-order valence-corrected chi connectivity index (χ3v) is 5.70. The van der Waals surface area contributed by atoms with Crippen LogP contribution in [0.5, 0.6) is 0 Å². The van der Waals surface area contributed by atoms with Gasteiger partial charge in [-0.2, -0.15) is 0 Å². The van der Waals surface area contributed by atoms with Crippen molar-refractivity contribution in [1.82, 2.24) is 15.6 Å². The molecule has 144 valence electrons. The maximum atomic E-state index is 11.2. The van der Waals surface area contributed by atoms with Crippen molar-refractivity contribution in [1.29, 1.82) is 0 Å². The molecule has 0 bridgehead atoms. The van der Waals surface area contributed by atoms with Crippen LogP contribution >= 0.6 is 35.3 Å². The number of hydrogen-bond donors (Lipinski definition) is 3. The molecule has 0 spiro atoms. The number of primary sulfonamides is 1. The maximum Gasteiger partial charge on any atom is 0.238 e. The van der Waals surface area contributed by atoms with Crippen molar-refractivity contribution in [2.24, 2.45) is 10.1 Å². The van der Waals surface area contributed by atoms with Crippen LogP contribution in [0.1, 0.15) is 21.1 Å².